The lowest BCUT2D eigenvalue weighted by atomic mass is 10.0. The van der Waals surface area contributed by atoms with E-state index in [0.29, 0.717) is 50.0 Å². The molecule has 9 heteroatoms. The molecule has 0 spiro atoms. The van der Waals surface area contributed by atoms with E-state index in [1.54, 1.807) is 12.0 Å². The number of hydrogen-bond donors (Lipinski definition) is 1. The summed E-state index contributed by atoms with van der Waals surface area (Å²) < 4.78 is 19.4. The quantitative estimate of drug-likeness (QED) is 0.387. The zero-order valence-electron chi connectivity index (χ0n) is 22.5. The van der Waals surface area contributed by atoms with E-state index in [1.165, 1.54) is 6.92 Å². The topological polar surface area (TPSA) is 89.3 Å². The van der Waals surface area contributed by atoms with Gasteiger partial charge < -0.3 is 24.2 Å². The first-order valence-electron chi connectivity index (χ1n) is 13.0. The number of hydrogen-bond acceptors (Lipinski definition) is 7. The molecule has 0 radical (unpaired) electrons. The lowest BCUT2D eigenvalue weighted by Gasteiger charge is -2.32. The minimum Gasteiger partial charge on any atom is -0.493 e. The lowest BCUT2D eigenvalue weighted by molar-refractivity contribution is -0.132. The maximum atomic E-state index is 12.2. The van der Waals surface area contributed by atoms with Crippen LogP contribution in [-0.4, -0.2) is 82.7 Å². The summed E-state index contributed by atoms with van der Waals surface area (Å²) in [7, 11) is 1.63. The van der Waals surface area contributed by atoms with Gasteiger partial charge in [-0.2, -0.15) is 5.10 Å². The average Bonchev–Trinajstić information content (AvgIpc) is 3.25. The number of ether oxygens (including phenoxy) is 3. The Hall–Kier alpha value is -3.56. The van der Waals surface area contributed by atoms with E-state index >= 15 is 0 Å². The molecule has 1 saturated heterocycles. The van der Waals surface area contributed by atoms with Crippen molar-refractivity contribution < 1.29 is 24.1 Å². The van der Waals surface area contributed by atoms with Crippen LogP contribution in [0.15, 0.2) is 60.9 Å². The standard InChI is InChI=1S/C29H38N4O5/c1-23-17-30-33(18-23)12-7-15-37-28-16-25(10-11-27(28)36-3)19-31-13-14-32(24(2)34)21-29(35,20-31)22-38-26-8-5-4-6-9-26/h4-6,8-11,16-18,35H,7,12-15,19-22H2,1-3H3/t29-/m1/s1. The third kappa shape index (κ3) is 7.72. The number of β-amino-alcohol motifs (C(OH)–C–C–N with tert-alkyl or cyclic N) is 1. The van der Waals surface area contributed by atoms with Crippen molar-refractivity contribution in [3.63, 3.8) is 0 Å². The molecule has 1 N–H and O–H groups in total. The molecule has 0 aliphatic carbocycles. The molecule has 2 heterocycles. The Kier molecular flexibility index (Phi) is 9.25. The number of benzene rings is 2. The van der Waals surface area contributed by atoms with E-state index in [1.807, 2.05) is 72.5 Å². The van der Waals surface area contributed by atoms with Gasteiger partial charge in [-0.3, -0.25) is 14.4 Å². The van der Waals surface area contributed by atoms with Gasteiger partial charge in [-0.05, 0) is 42.3 Å². The molecule has 204 valence electrons. The molecule has 0 unspecified atom stereocenters. The second kappa shape index (κ2) is 12.8. The Morgan fingerprint density at radius 2 is 1.89 bits per heavy atom. The minimum atomic E-state index is -1.21. The Morgan fingerprint density at radius 3 is 2.61 bits per heavy atom. The van der Waals surface area contributed by atoms with Gasteiger partial charge in [0.2, 0.25) is 5.91 Å². The van der Waals surface area contributed by atoms with Crippen LogP contribution in [-0.2, 0) is 17.9 Å². The van der Waals surface area contributed by atoms with Crippen LogP contribution in [0.25, 0.3) is 0 Å². The van der Waals surface area contributed by atoms with Crippen molar-refractivity contribution in [2.24, 2.45) is 0 Å². The second-order valence-electron chi connectivity index (χ2n) is 9.95. The fraction of sp³-hybridized carbons (Fsp3) is 0.448. The molecule has 9 nitrogen and oxygen atoms in total. The predicted octanol–water partition coefficient (Wildman–Crippen LogP) is 3.14. The summed E-state index contributed by atoms with van der Waals surface area (Å²) in [5.74, 6) is 1.99. The number of amides is 1. The van der Waals surface area contributed by atoms with Gasteiger partial charge in [0.1, 0.15) is 18.0 Å². The van der Waals surface area contributed by atoms with Crippen LogP contribution in [0.3, 0.4) is 0 Å². The number of para-hydroxylation sites is 1. The molecular formula is C29H38N4O5. The number of carbonyl (C=O) groups excluding carboxylic acids is 1. The molecule has 1 atom stereocenters. The van der Waals surface area contributed by atoms with E-state index in [4.69, 9.17) is 14.2 Å². The number of carbonyl (C=O) groups is 1. The third-order valence-electron chi connectivity index (χ3n) is 6.57. The Balaban J connectivity index is 1.40. The Labute approximate surface area is 224 Å². The van der Waals surface area contributed by atoms with Crippen LogP contribution in [0.4, 0.5) is 0 Å². The van der Waals surface area contributed by atoms with Gasteiger partial charge in [0, 0.05) is 52.3 Å². The van der Waals surface area contributed by atoms with E-state index < -0.39 is 5.60 Å². The number of rotatable bonds is 11. The first-order valence-corrected chi connectivity index (χ1v) is 13.0. The lowest BCUT2D eigenvalue weighted by Crippen LogP contribution is -2.51. The maximum absolute atomic E-state index is 12.2. The smallest absolute Gasteiger partial charge is 0.219 e. The first-order chi connectivity index (χ1) is 18.3. The summed E-state index contributed by atoms with van der Waals surface area (Å²) >= 11 is 0. The molecule has 1 aromatic heterocycles. The predicted molar refractivity (Wildman–Crippen MR) is 144 cm³/mol. The van der Waals surface area contributed by atoms with Gasteiger partial charge in [-0.15, -0.1) is 0 Å². The monoisotopic (exact) mass is 522 g/mol. The van der Waals surface area contributed by atoms with Crippen LogP contribution >= 0.6 is 0 Å². The van der Waals surface area contributed by atoms with Gasteiger partial charge in [0.05, 0.1) is 26.5 Å². The molecule has 0 bridgehead atoms. The highest BCUT2D eigenvalue weighted by Gasteiger charge is 2.37. The van der Waals surface area contributed by atoms with E-state index in [2.05, 4.69) is 10.00 Å². The van der Waals surface area contributed by atoms with Gasteiger partial charge in [0.15, 0.2) is 11.5 Å². The zero-order valence-corrected chi connectivity index (χ0v) is 22.5. The van der Waals surface area contributed by atoms with Crippen LogP contribution in [0.5, 0.6) is 17.2 Å². The number of methoxy groups -OCH3 is 1. The first kappa shape index (κ1) is 27.5. The van der Waals surface area contributed by atoms with Crippen molar-refractivity contribution in [2.45, 2.75) is 39.0 Å². The fourth-order valence-corrected chi connectivity index (χ4v) is 4.66. The molecule has 3 aromatic rings. The number of aliphatic hydroxyl groups is 1. The molecule has 1 aliphatic rings. The molecule has 4 rings (SSSR count). The van der Waals surface area contributed by atoms with Crippen LogP contribution in [0.1, 0.15) is 24.5 Å². The van der Waals surface area contributed by atoms with Gasteiger partial charge >= 0.3 is 0 Å². The maximum Gasteiger partial charge on any atom is 0.219 e. The molecule has 1 fully saturated rings. The molecule has 38 heavy (non-hydrogen) atoms. The van der Waals surface area contributed by atoms with Crippen molar-refractivity contribution >= 4 is 5.91 Å². The zero-order chi connectivity index (χ0) is 27.0. The van der Waals surface area contributed by atoms with Crippen molar-refractivity contribution in [3.8, 4) is 17.2 Å². The minimum absolute atomic E-state index is 0.0598. The van der Waals surface area contributed by atoms with Crippen LogP contribution < -0.4 is 14.2 Å². The van der Waals surface area contributed by atoms with Gasteiger partial charge in [0.25, 0.3) is 0 Å². The van der Waals surface area contributed by atoms with Crippen molar-refractivity contribution in [1.29, 1.82) is 0 Å². The number of nitrogens with zero attached hydrogens (tertiary/aromatic N) is 4. The summed E-state index contributed by atoms with van der Waals surface area (Å²) in [5, 5.41) is 15.9. The average molecular weight is 523 g/mol. The highest BCUT2D eigenvalue weighted by atomic mass is 16.5. The molecule has 2 aromatic carbocycles. The summed E-state index contributed by atoms with van der Waals surface area (Å²) in [5.41, 5.74) is 0.958. The number of aryl methyl sites for hydroxylation is 2. The molecule has 0 saturated carbocycles. The third-order valence-corrected chi connectivity index (χ3v) is 6.57. The van der Waals surface area contributed by atoms with E-state index in [0.717, 1.165) is 24.1 Å². The van der Waals surface area contributed by atoms with Gasteiger partial charge in [-0.1, -0.05) is 24.3 Å². The Morgan fingerprint density at radius 1 is 1.08 bits per heavy atom. The van der Waals surface area contributed by atoms with E-state index in [9.17, 15) is 9.90 Å². The SMILES string of the molecule is COc1ccc(CN2CCN(C(C)=O)C[C@@](O)(COc3ccccc3)C2)cc1OCCCn1cc(C)cn1. The van der Waals surface area contributed by atoms with Crippen molar-refractivity contribution in [3.05, 3.63) is 72.1 Å². The summed E-state index contributed by atoms with van der Waals surface area (Å²) in [4.78, 5) is 16.1. The highest BCUT2D eigenvalue weighted by Crippen LogP contribution is 2.29. The highest BCUT2D eigenvalue weighted by molar-refractivity contribution is 5.73. The van der Waals surface area contributed by atoms with Crippen molar-refractivity contribution in [2.75, 3.05) is 46.5 Å². The van der Waals surface area contributed by atoms with Crippen LogP contribution in [0.2, 0.25) is 0 Å². The Bertz CT molecular complexity index is 1180. The normalized spacial score (nSPS) is 18.2. The second-order valence-corrected chi connectivity index (χ2v) is 9.95. The summed E-state index contributed by atoms with van der Waals surface area (Å²) in [6, 6.07) is 15.3. The number of aromatic nitrogens is 2. The molecule has 1 aliphatic heterocycles. The summed E-state index contributed by atoms with van der Waals surface area (Å²) in [6.45, 7) is 7.31. The van der Waals surface area contributed by atoms with Crippen molar-refractivity contribution in [1.82, 2.24) is 19.6 Å². The van der Waals surface area contributed by atoms with Crippen LogP contribution in [0, 0.1) is 6.92 Å². The molecule has 1 amide bonds. The van der Waals surface area contributed by atoms with Gasteiger partial charge in [-0.25, -0.2) is 0 Å². The van der Waals surface area contributed by atoms with E-state index in [-0.39, 0.29) is 19.1 Å². The largest absolute Gasteiger partial charge is 0.493 e. The summed E-state index contributed by atoms with van der Waals surface area (Å²) in [6.07, 6.45) is 4.68. The fourth-order valence-electron chi connectivity index (χ4n) is 4.66. The molecular weight excluding hydrogens is 484 g/mol.